The average Bonchev–Trinajstić information content (AvgIpc) is 3.98. The number of rotatable bonds is 16. The lowest BCUT2D eigenvalue weighted by Gasteiger charge is -2.39. The van der Waals surface area contributed by atoms with Crippen LogP contribution in [-0.4, -0.2) is 80.1 Å². The molecule has 3 aliphatic rings. The Hall–Kier alpha value is -4.72. The van der Waals surface area contributed by atoms with Crippen LogP contribution in [0.1, 0.15) is 77.9 Å². The van der Waals surface area contributed by atoms with E-state index < -0.39 is 28.3 Å². The third-order valence-electron chi connectivity index (χ3n) is 12.3. The predicted octanol–water partition coefficient (Wildman–Crippen LogP) is 7.47. The highest BCUT2D eigenvalue weighted by molar-refractivity contribution is 7.89. The Labute approximate surface area is 361 Å². The fourth-order valence-corrected chi connectivity index (χ4v) is 10.1. The topological polar surface area (TPSA) is 120 Å². The van der Waals surface area contributed by atoms with Crippen molar-refractivity contribution in [1.29, 1.82) is 0 Å². The van der Waals surface area contributed by atoms with Crippen molar-refractivity contribution < 1.29 is 27.8 Å². The molecule has 3 heterocycles. The minimum absolute atomic E-state index is 0.00125. The number of hydrogen-bond donors (Lipinski definition) is 3. The van der Waals surface area contributed by atoms with Gasteiger partial charge in [-0.25, -0.2) is 8.42 Å². The average molecular weight is 843 g/mol. The first-order valence-electron chi connectivity index (χ1n) is 21.8. The first-order chi connectivity index (χ1) is 29.7. The molecule has 61 heavy (non-hydrogen) atoms. The lowest BCUT2D eigenvalue weighted by atomic mass is 9.98. The second-order valence-electron chi connectivity index (χ2n) is 16.9. The van der Waals surface area contributed by atoms with Gasteiger partial charge in [-0.15, -0.1) is 0 Å². The molecule has 3 N–H and O–H groups in total. The summed E-state index contributed by atoms with van der Waals surface area (Å²) in [7, 11) is -3.96. The number of nitrogens with zero attached hydrogens (tertiary/aromatic N) is 2. The van der Waals surface area contributed by atoms with Gasteiger partial charge >= 0.3 is 0 Å². The van der Waals surface area contributed by atoms with Crippen molar-refractivity contribution in [2.45, 2.75) is 94.1 Å². The molecule has 5 aromatic rings. The zero-order valence-corrected chi connectivity index (χ0v) is 35.8. The molecule has 11 heteroatoms. The molecule has 1 amide bonds. The molecule has 0 aliphatic carbocycles. The van der Waals surface area contributed by atoms with E-state index in [2.05, 4.69) is 50.2 Å². The maximum Gasteiger partial charge on any atom is 0.241 e. The summed E-state index contributed by atoms with van der Waals surface area (Å²) in [5.74, 6) is -0.412. The second kappa shape index (κ2) is 20.0. The summed E-state index contributed by atoms with van der Waals surface area (Å²) >= 11 is 0. The van der Waals surface area contributed by atoms with Crippen LogP contribution in [0.3, 0.4) is 0 Å². The quantitative estimate of drug-likeness (QED) is 0.0937. The van der Waals surface area contributed by atoms with Crippen LogP contribution in [0.5, 0.6) is 0 Å². The molecule has 8 rings (SSSR count). The molecule has 0 radical (unpaired) electrons. The summed E-state index contributed by atoms with van der Waals surface area (Å²) in [5.41, 5.74) is 7.50. The molecule has 3 aliphatic heterocycles. The molecular formula is C50H58N4O6S. The summed E-state index contributed by atoms with van der Waals surface area (Å²) in [5, 5.41) is 12.7. The Morgan fingerprint density at radius 1 is 0.754 bits per heavy atom. The number of ether oxygens (including phenoxy) is 2. The van der Waals surface area contributed by atoms with Gasteiger partial charge in [0.2, 0.25) is 15.9 Å². The Kier molecular flexibility index (Phi) is 14.1. The first-order valence-corrected chi connectivity index (χ1v) is 23.2. The highest BCUT2D eigenvalue weighted by atomic mass is 32.2. The Balaban J connectivity index is 0.973. The number of nitrogens with one attached hydrogen (secondary N) is 2. The van der Waals surface area contributed by atoms with Crippen LogP contribution < -0.4 is 10.0 Å². The SMILES string of the molecule is Cc1ccc(S(=O)(=O)N[C@H](Cc2ccccc2)C(=O)NCc2cccc(-c3cccc([C@H]4O[C@@H](CN5CCC[C@H]5CN5CCCC5)C[C@@H](c5ccc(CO)cc5)O4)c3)c2)cc1. The summed E-state index contributed by atoms with van der Waals surface area (Å²) in [4.78, 5) is 19.1. The van der Waals surface area contributed by atoms with E-state index >= 15 is 0 Å². The Morgan fingerprint density at radius 3 is 2.23 bits per heavy atom. The molecule has 3 fully saturated rings. The number of carbonyl (C=O) groups excluding carboxylic acids is 1. The highest BCUT2D eigenvalue weighted by Crippen LogP contribution is 2.40. The van der Waals surface area contributed by atoms with Gasteiger partial charge < -0.3 is 24.8 Å². The second-order valence-corrected chi connectivity index (χ2v) is 18.6. The molecule has 0 aromatic heterocycles. The molecule has 320 valence electrons. The van der Waals surface area contributed by atoms with Gasteiger partial charge in [-0.3, -0.25) is 9.69 Å². The van der Waals surface area contributed by atoms with Crippen molar-refractivity contribution in [3.05, 3.63) is 161 Å². The zero-order valence-electron chi connectivity index (χ0n) is 35.0. The lowest BCUT2D eigenvalue weighted by molar-refractivity contribution is -0.253. The number of aliphatic hydroxyl groups excluding tert-OH is 1. The molecule has 0 unspecified atom stereocenters. The predicted molar refractivity (Wildman–Crippen MR) is 238 cm³/mol. The first kappa shape index (κ1) is 42.9. The van der Waals surface area contributed by atoms with Crippen LogP contribution in [0.15, 0.2) is 132 Å². The van der Waals surface area contributed by atoms with E-state index in [1.807, 2.05) is 79.7 Å². The van der Waals surface area contributed by atoms with Crippen LogP contribution in [0.4, 0.5) is 0 Å². The monoisotopic (exact) mass is 842 g/mol. The maximum absolute atomic E-state index is 13.8. The number of aryl methyl sites for hydroxylation is 1. The third kappa shape index (κ3) is 11.2. The van der Waals surface area contributed by atoms with Gasteiger partial charge in [0, 0.05) is 37.7 Å². The van der Waals surface area contributed by atoms with E-state index in [-0.39, 0.29) is 36.7 Å². The maximum atomic E-state index is 13.8. The van der Waals surface area contributed by atoms with Crippen molar-refractivity contribution in [3.8, 4) is 11.1 Å². The zero-order chi connectivity index (χ0) is 42.2. The van der Waals surface area contributed by atoms with Gasteiger partial charge in [-0.05, 0) is 116 Å². The Morgan fingerprint density at radius 2 is 1.48 bits per heavy atom. The van der Waals surface area contributed by atoms with Crippen molar-refractivity contribution in [2.24, 2.45) is 0 Å². The molecular weight excluding hydrogens is 785 g/mol. The molecule has 0 bridgehead atoms. The fraction of sp³-hybridized carbons (Fsp3) is 0.380. The van der Waals surface area contributed by atoms with Gasteiger partial charge in [0.05, 0.1) is 23.7 Å². The molecule has 10 nitrogen and oxygen atoms in total. The smallest absolute Gasteiger partial charge is 0.241 e. The van der Waals surface area contributed by atoms with Crippen molar-refractivity contribution in [2.75, 3.05) is 32.7 Å². The van der Waals surface area contributed by atoms with E-state index in [4.69, 9.17) is 9.47 Å². The molecule has 5 aromatic carbocycles. The number of sulfonamides is 1. The van der Waals surface area contributed by atoms with Gasteiger partial charge in [-0.2, -0.15) is 4.72 Å². The van der Waals surface area contributed by atoms with E-state index in [1.165, 1.54) is 38.8 Å². The number of carbonyl (C=O) groups is 1. The van der Waals surface area contributed by atoms with E-state index in [0.717, 1.165) is 70.6 Å². The highest BCUT2D eigenvalue weighted by Gasteiger charge is 2.36. The number of hydrogen-bond acceptors (Lipinski definition) is 8. The van der Waals surface area contributed by atoms with Gasteiger partial charge in [0.15, 0.2) is 6.29 Å². The summed E-state index contributed by atoms with van der Waals surface area (Å²) in [6, 6.07) is 39.9. The minimum Gasteiger partial charge on any atom is -0.392 e. The largest absolute Gasteiger partial charge is 0.392 e. The standard InChI is InChI=1S/C50H58N4O6S/c1-36-17-23-46(24-18-36)61(57,58)52-47(29-37-10-3-2-4-11-37)49(56)51-32-39-12-7-13-41(28-39)42-14-8-15-43(30-42)50-59-45(31-48(60-50)40-21-19-38(35-55)20-22-40)34-54-27-9-16-44(54)33-53-25-5-6-26-53/h2-4,7-8,10-15,17-24,28,30,44-45,47-48,50,52,55H,5-6,9,16,25-27,29,31-35H2,1H3,(H,51,56)/t44-,45+,47+,48-,50-/m0/s1. The minimum atomic E-state index is -3.96. The van der Waals surface area contributed by atoms with Crippen LogP contribution in [0, 0.1) is 6.92 Å². The van der Waals surface area contributed by atoms with Crippen molar-refractivity contribution in [3.63, 3.8) is 0 Å². The van der Waals surface area contributed by atoms with E-state index in [0.29, 0.717) is 6.04 Å². The summed E-state index contributed by atoms with van der Waals surface area (Å²) < 4.78 is 43.1. The fourth-order valence-electron chi connectivity index (χ4n) is 8.95. The molecule has 0 saturated carbocycles. The number of amides is 1. The molecule has 0 spiro atoms. The van der Waals surface area contributed by atoms with Gasteiger partial charge in [-0.1, -0.05) is 109 Å². The molecule has 3 saturated heterocycles. The van der Waals surface area contributed by atoms with Gasteiger partial charge in [0.25, 0.3) is 0 Å². The van der Waals surface area contributed by atoms with Crippen molar-refractivity contribution >= 4 is 15.9 Å². The van der Waals surface area contributed by atoms with E-state index in [9.17, 15) is 18.3 Å². The van der Waals surface area contributed by atoms with Crippen LogP contribution >= 0.6 is 0 Å². The Bertz CT molecular complexity index is 2320. The summed E-state index contributed by atoms with van der Waals surface area (Å²) in [6.45, 7) is 7.59. The number of benzene rings is 5. The number of aliphatic hydroxyl groups is 1. The van der Waals surface area contributed by atoms with Crippen LogP contribution in [-0.2, 0) is 43.9 Å². The number of likely N-dealkylation sites (tertiary alicyclic amines) is 2. The van der Waals surface area contributed by atoms with E-state index in [1.54, 1.807) is 24.3 Å². The lowest BCUT2D eigenvalue weighted by Crippen LogP contribution is -2.47. The van der Waals surface area contributed by atoms with Crippen molar-refractivity contribution in [1.82, 2.24) is 19.8 Å². The molecule has 5 atom stereocenters. The normalized spacial score (nSPS) is 21.7. The van der Waals surface area contributed by atoms with Crippen LogP contribution in [0.2, 0.25) is 0 Å². The van der Waals surface area contributed by atoms with Crippen LogP contribution in [0.25, 0.3) is 11.1 Å². The summed E-state index contributed by atoms with van der Waals surface area (Å²) in [6.07, 6.45) is 5.20. The van der Waals surface area contributed by atoms with Gasteiger partial charge in [0.1, 0.15) is 6.04 Å². The third-order valence-corrected chi connectivity index (χ3v) is 13.8.